The topological polar surface area (TPSA) is 101 Å². The number of aliphatic hydroxyl groups is 1. The number of hydrogen-bond acceptors (Lipinski definition) is 4. The Morgan fingerprint density at radius 3 is 2.74 bits per heavy atom. The van der Waals surface area contributed by atoms with Gasteiger partial charge in [-0.15, -0.1) is 0 Å². The van der Waals surface area contributed by atoms with Crippen LogP contribution in [0, 0.1) is 5.92 Å². The van der Waals surface area contributed by atoms with Crippen molar-refractivity contribution in [1.82, 2.24) is 0 Å². The zero-order chi connectivity index (χ0) is 13.8. The quantitative estimate of drug-likeness (QED) is 0.615. The molecule has 5 heteroatoms. The van der Waals surface area contributed by atoms with Crippen LogP contribution in [0.4, 0.5) is 11.4 Å². The minimum atomic E-state index is -0.485. The van der Waals surface area contributed by atoms with Gasteiger partial charge in [0, 0.05) is 18.0 Å². The molecular formula is C14H21N3O2. The monoisotopic (exact) mass is 263 g/mol. The second-order valence-electron chi connectivity index (χ2n) is 5.16. The van der Waals surface area contributed by atoms with Crippen molar-refractivity contribution in [1.29, 1.82) is 0 Å². The number of aliphatic hydroxyl groups excluding tert-OH is 1. The summed E-state index contributed by atoms with van der Waals surface area (Å²) in [6.07, 6.45) is 3.95. The molecule has 1 aromatic rings. The van der Waals surface area contributed by atoms with Gasteiger partial charge in [-0.2, -0.15) is 0 Å². The number of carbonyl (C=O) groups excluding carboxylic acids is 1. The van der Waals surface area contributed by atoms with Crippen LogP contribution in [0.15, 0.2) is 18.2 Å². The van der Waals surface area contributed by atoms with E-state index in [1.165, 1.54) is 6.42 Å². The van der Waals surface area contributed by atoms with Gasteiger partial charge in [-0.3, -0.25) is 4.79 Å². The molecule has 1 saturated carbocycles. The number of nitrogen functional groups attached to an aromatic ring is 1. The van der Waals surface area contributed by atoms with Gasteiger partial charge in [-0.1, -0.05) is 12.8 Å². The molecule has 104 valence electrons. The van der Waals surface area contributed by atoms with Gasteiger partial charge in [0.2, 0.25) is 5.91 Å². The molecule has 2 unspecified atom stereocenters. The standard InChI is InChI=1S/C14H21N3O2/c15-11-7-9(14(16)19)5-6-12(11)17-8-10-3-1-2-4-13(10)18/h5-7,10,13,17-18H,1-4,8,15H2,(H2,16,19). The molecule has 0 heterocycles. The van der Waals surface area contributed by atoms with Crippen LogP contribution >= 0.6 is 0 Å². The molecule has 0 bridgehead atoms. The summed E-state index contributed by atoms with van der Waals surface area (Å²) in [7, 11) is 0. The van der Waals surface area contributed by atoms with Crippen molar-refractivity contribution < 1.29 is 9.90 Å². The van der Waals surface area contributed by atoms with E-state index in [9.17, 15) is 9.90 Å². The van der Waals surface area contributed by atoms with Gasteiger partial charge in [0.05, 0.1) is 17.5 Å². The van der Waals surface area contributed by atoms with Crippen LogP contribution in [-0.4, -0.2) is 23.7 Å². The van der Waals surface area contributed by atoms with Crippen LogP contribution in [0.2, 0.25) is 0 Å². The largest absolute Gasteiger partial charge is 0.397 e. The molecule has 1 amide bonds. The predicted octanol–water partition coefficient (Wildman–Crippen LogP) is 1.33. The lowest BCUT2D eigenvalue weighted by Crippen LogP contribution is -2.30. The minimum absolute atomic E-state index is 0.229. The molecule has 0 aliphatic heterocycles. The number of nitrogens with one attached hydrogen (secondary N) is 1. The van der Waals surface area contributed by atoms with Crippen molar-refractivity contribution in [3.8, 4) is 0 Å². The molecule has 1 aromatic carbocycles. The first kappa shape index (κ1) is 13.7. The molecule has 0 radical (unpaired) electrons. The van der Waals surface area contributed by atoms with E-state index in [0.717, 1.165) is 24.9 Å². The third kappa shape index (κ3) is 3.38. The van der Waals surface area contributed by atoms with Crippen LogP contribution in [0.5, 0.6) is 0 Å². The van der Waals surface area contributed by atoms with Crippen molar-refractivity contribution in [2.75, 3.05) is 17.6 Å². The van der Waals surface area contributed by atoms with E-state index in [2.05, 4.69) is 5.32 Å². The number of anilines is 2. The van der Waals surface area contributed by atoms with Gasteiger partial charge in [0.1, 0.15) is 0 Å². The van der Waals surface area contributed by atoms with Crippen molar-refractivity contribution in [2.24, 2.45) is 11.7 Å². The average molecular weight is 263 g/mol. The Balaban J connectivity index is 1.97. The number of hydrogen-bond donors (Lipinski definition) is 4. The highest BCUT2D eigenvalue weighted by atomic mass is 16.3. The molecule has 5 nitrogen and oxygen atoms in total. The van der Waals surface area contributed by atoms with Gasteiger partial charge in [-0.25, -0.2) is 0 Å². The van der Waals surface area contributed by atoms with Gasteiger partial charge >= 0.3 is 0 Å². The van der Waals surface area contributed by atoms with Crippen LogP contribution < -0.4 is 16.8 Å². The minimum Gasteiger partial charge on any atom is -0.397 e. The van der Waals surface area contributed by atoms with Crippen LogP contribution in [0.25, 0.3) is 0 Å². The van der Waals surface area contributed by atoms with Crippen LogP contribution in [0.3, 0.4) is 0 Å². The number of carbonyl (C=O) groups is 1. The van der Waals surface area contributed by atoms with Gasteiger partial charge in [0.15, 0.2) is 0 Å². The Morgan fingerprint density at radius 1 is 1.37 bits per heavy atom. The maximum Gasteiger partial charge on any atom is 0.248 e. The molecule has 0 spiro atoms. The molecule has 1 aliphatic carbocycles. The molecule has 0 saturated heterocycles. The highest BCUT2D eigenvalue weighted by Gasteiger charge is 2.22. The first-order valence-electron chi connectivity index (χ1n) is 6.69. The number of nitrogens with two attached hydrogens (primary N) is 2. The van der Waals surface area contributed by atoms with E-state index >= 15 is 0 Å². The van der Waals surface area contributed by atoms with E-state index in [0.29, 0.717) is 17.8 Å². The fourth-order valence-electron chi connectivity index (χ4n) is 2.54. The number of rotatable bonds is 4. The fourth-order valence-corrected chi connectivity index (χ4v) is 2.54. The summed E-state index contributed by atoms with van der Waals surface area (Å²) in [5, 5.41) is 13.1. The summed E-state index contributed by atoms with van der Waals surface area (Å²) in [4.78, 5) is 11.0. The van der Waals surface area contributed by atoms with E-state index in [-0.39, 0.29) is 12.0 Å². The summed E-state index contributed by atoms with van der Waals surface area (Å²) in [6.45, 7) is 0.696. The lowest BCUT2D eigenvalue weighted by Gasteiger charge is -2.28. The third-order valence-electron chi connectivity index (χ3n) is 3.76. The zero-order valence-electron chi connectivity index (χ0n) is 10.9. The molecule has 19 heavy (non-hydrogen) atoms. The Hall–Kier alpha value is -1.75. The molecule has 1 fully saturated rings. The average Bonchev–Trinajstić information content (AvgIpc) is 2.39. The first-order valence-corrected chi connectivity index (χ1v) is 6.69. The van der Waals surface area contributed by atoms with E-state index in [4.69, 9.17) is 11.5 Å². The predicted molar refractivity (Wildman–Crippen MR) is 75.8 cm³/mol. The summed E-state index contributed by atoms with van der Waals surface area (Å²) >= 11 is 0. The number of amides is 1. The molecule has 0 aromatic heterocycles. The Labute approximate surface area is 113 Å². The van der Waals surface area contributed by atoms with Crippen LogP contribution in [-0.2, 0) is 0 Å². The second kappa shape index (κ2) is 5.93. The van der Waals surface area contributed by atoms with Crippen molar-refractivity contribution >= 4 is 17.3 Å². The smallest absolute Gasteiger partial charge is 0.248 e. The van der Waals surface area contributed by atoms with E-state index in [1.807, 2.05) is 0 Å². The van der Waals surface area contributed by atoms with Crippen molar-refractivity contribution in [3.05, 3.63) is 23.8 Å². The maximum atomic E-state index is 11.0. The summed E-state index contributed by atoms with van der Waals surface area (Å²) in [5.74, 6) is -0.218. The maximum absolute atomic E-state index is 11.0. The molecule has 1 aliphatic rings. The highest BCUT2D eigenvalue weighted by molar-refractivity contribution is 5.94. The Kier molecular flexibility index (Phi) is 4.27. The molecular weight excluding hydrogens is 242 g/mol. The lowest BCUT2D eigenvalue weighted by molar-refractivity contribution is 0.0763. The Morgan fingerprint density at radius 2 is 2.11 bits per heavy atom. The highest BCUT2D eigenvalue weighted by Crippen LogP contribution is 2.26. The number of benzene rings is 1. The zero-order valence-corrected chi connectivity index (χ0v) is 10.9. The fraction of sp³-hybridized carbons (Fsp3) is 0.500. The number of primary amides is 1. The summed E-state index contributed by atoms with van der Waals surface area (Å²) < 4.78 is 0. The second-order valence-corrected chi connectivity index (χ2v) is 5.16. The summed E-state index contributed by atoms with van der Waals surface area (Å²) in [5.41, 5.74) is 12.8. The van der Waals surface area contributed by atoms with Crippen molar-refractivity contribution in [2.45, 2.75) is 31.8 Å². The Bertz CT molecular complexity index is 462. The van der Waals surface area contributed by atoms with Gasteiger partial charge < -0.3 is 21.9 Å². The third-order valence-corrected chi connectivity index (χ3v) is 3.76. The van der Waals surface area contributed by atoms with Crippen LogP contribution in [0.1, 0.15) is 36.0 Å². The van der Waals surface area contributed by atoms with E-state index < -0.39 is 5.91 Å². The molecule has 2 atom stereocenters. The van der Waals surface area contributed by atoms with Crippen molar-refractivity contribution in [3.63, 3.8) is 0 Å². The lowest BCUT2D eigenvalue weighted by atomic mass is 9.86. The van der Waals surface area contributed by atoms with Gasteiger partial charge in [0.25, 0.3) is 0 Å². The van der Waals surface area contributed by atoms with Gasteiger partial charge in [-0.05, 0) is 31.0 Å². The normalized spacial score (nSPS) is 23.0. The molecule has 2 rings (SSSR count). The first-order chi connectivity index (χ1) is 9.08. The molecule has 6 N–H and O–H groups in total. The SMILES string of the molecule is NC(=O)c1ccc(NCC2CCCCC2O)c(N)c1. The van der Waals surface area contributed by atoms with E-state index in [1.54, 1.807) is 18.2 Å². The summed E-state index contributed by atoms with van der Waals surface area (Å²) in [6, 6.07) is 4.98.